The first kappa shape index (κ1) is 14.0. The Hall–Kier alpha value is -1.40. The molecule has 0 saturated heterocycles. The second kappa shape index (κ2) is 4.94. The number of hydrogen-bond acceptors (Lipinski definition) is 2. The maximum atomic E-state index is 13.4. The Morgan fingerprint density at radius 2 is 1.68 bits per heavy atom. The molecule has 1 heterocycles. The van der Waals surface area contributed by atoms with Crippen molar-refractivity contribution in [3.8, 4) is 11.1 Å². The summed E-state index contributed by atoms with van der Waals surface area (Å²) in [7, 11) is 0. The van der Waals surface area contributed by atoms with E-state index in [2.05, 4.69) is 10.2 Å². The van der Waals surface area contributed by atoms with Crippen LogP contribution in [0.4, 0.5) is 17.6 Å². The van der Waals surface area contributed by atoms with Crippen molar-refractivity contribution in [2.45, 2.75) is 6.18 Å². The van der Waals surface area contributed by atoms with Gasteiger partial charge in [0.1, 0.15) is 5.82 Å². The molecule has 0 fully saturated rings. The van der Waals surface area contributed by atoms with E-state index in [-0.39, 0.29) is 21.4 Å². The van der Waals surface area contributed by atoms with Gasteiger partial charge in [-0.15, -0.1) is 10.2 Å². The molecule has 0 N–H and O–H groups in total. The Morgan fingerprint density at radius 1 is 1.00 bits per heavy atom. The van der Waals surface area contributed by atoms with Gasteiger partial charge in [-0.1, -0.05) is 29.3 Å². The second-order valence-electron chi connectivity index (χ2n) is 3.56. The molecule has 100 valence electrons. The third-order valence-electron chi connectivity index (χ3n) is 2.30. The van der Waals surface area contributed by atoms with Gasteiger partial charge >= 0.3 is 6.18 Å². The molecule has 2 nitrogen and oxygen atoms in total. The van der Waals surface area contributed by atoms with Crippen molar-refractivity contribution >= 4 is 23.2 Å². The van der Waals surface area contributed by atoms with Gasteiger partial charge < -0.3 is 0 Å². The van der Waals surface area contributed by atoms with Crippen molar-refractivity contribution in [1.82, 2.24) is 10.2 Å². The highest BCUT2D eigenvalue weighted by molar-refractivity contribution is 6.33. The molecule has 0 aliphatic rings. The van der Waals surface area contributed by atoms with Gasteiger partial charge in [0.25, 0.3) is 0 Å². The van der Waals surface area contributed by atoms with E-state index in [9.17, 15) is 17.6 Å². The first-order chi connectivity index (χ1) is 8.79. The van der Waals surface area contributed by atoms with Crippen LogP contribution in [-0.2, 0) is 6.18 Å². The number of hydrogen-bond donors (Lipinski definition) is 0. The van der Waals surface area contributed by atoms with Crippen LogP contribution in [-0.4, -0.2) is 10.2 Å². The predicted molar refractivity (Wildman–Crippen MR) is 62.4 cm³/mol. The van der Waals surface area contributed by atoms with Crippen LogP contribution < -0.4 is 0 Å². The number of aromatic nitrogens is 2. The quantitative estimate of drug-likeness (QED) is 0.719. The summed E-state index contributed by atoms with van der Waals surface area (Å²) in [5.74, 6) is -1.39. The number of rotatable bonds is 1. The minimum atomic E-state index is -4.75. The van der Waals surface area contributed by atoms with Crippen LogP contribution in [0.15, 0.2) is 24.3 Å². The van der Waals surface area contributed by atoms with Gasteiger partial charge in [0.15, 0.2) is 10.3 Å². The zero-order valence-electron chi connectivity index (χ0n) is 8.97. The smallest absolute Gasteiger partial charge is 0.206 e. The maximum Gasteiger partial charge on any atom is 0.419 e. The van der Waals surface area contributed by atoms with Gasteiger partial charge in [0.05, 0.1) is 5.56 Å². The van der Waals surface area contributed by atoms with E-state index in [1.807, 2.05) is 0 Å². The lowest BCUT2D eigenvalue weighted by atomic mass is 10.1. The van der Waals surface area contributed by atoms with Crippen molar-refractivity contribution in [1.29, 1.82) is 0 Å². The van der Waals surface area contributed by atoms with E-state index in [0.717, 1.165) is 12.1 Å². The van der Waals surface area contributed by atoms with Crippen molar-refractivity contribution in [3.05, 3.63) is 46.0 Å². The normalized spacial score (nSPS) is 11.7. The van der Waals surface area contributed by atoms with Gasteiger partial charge in [-0.2, -0.15) is 13.2 Å². The Morgan fingerprint density at radius 3 is 2.26 bits per heavy atom. The largest absolute Gasteiger partial charge is 0.419 e. The highest BCUT2D eigenvalue weighted by Gasteiger charge is 2.34. The minimum Gasteiger partial charge on any atom is -0.206 e. The van der Waals surface area contributed by atoms with E-state index >= 15 is 0 Å². The first-order valence-corrected chi connectivity index (χ1v) is 5.60. The summed E-state index contributed by atoms with van der Waals surface area (Å²) in [4.78, 5) is 0. The van der Waals surface area contributed by atoms with Gasteiger partial charge in [0, 0.05) is 5.56 Å². The molecule has 0 saturated carbocycles. The fourth-order valence-corrected chi connectivity index (χ4v) is 1.82. The van der Waals surface area contributed by atoms with Crippen molar-refractivity contribution in [2.24, 2.45) is 0 Å². The summed E-state index contributed by atoms with van der Waals surface area (Å²) in [6, 6.07) is 3.74. The van der Waals surface area contributed by atoms with Crippen molar-refractivity contribution in [3.63, 3.8) is 0 Å². The molecule has 0 unspecified atom stereocenters. The molecule has 2 aromatic rings. The molecule has 0 aliphatic heterocycles. The number of nitrogens with zero attached hydrogens (tertiary/aromatic N) is 2. The fourth-order valence-electron chi connectivity index (χ4n) is 1.47. The summed E-state index contributed by atoms with van der Waals surface area (Å²) in [6.45, 7) is 0. The van der Waals surface area contributed by atoms with Crippen molar-refractivity contribution < 1.29 is 17.6 Å². The number of alkyl halides is 3. The molecule has 0 amide bonds. The molecular formula is C11H4Cl2F4N2. The topological polar surface area (TPSA) is 25.8 Å². The van der Waals surface area contributed by atoms with Crippen LogP contribution in [0.3, 0.4) is 0 Å². The lowest BCUT2D eigenvalue weighted by Crippen LogP contribution is -2.07. The highest BCUT2D eigenvalue weighted by atomic mass is 35.5. The molecule has 1 aromatic heterocycles. The zero-order valence-corrected chi connectivity index (χ0v) is 10.5. The summed E-state index contributed by atoms with van der Waals surface area (Å²) < 4.78 is 50.7. The lowest BCUT2D eigenvalue weighted by Gasteiger charge is -2.10. The molecule has 0 spiro atoms. The van der Waals surface area contributed by atoms with Crippen LogP contribution in [0, 0.1) is 5.82 Å². The fraction of sp³-hybridized carbons (Fsp3) is 0.0909. The Labute approximate surface area is 115 Å². The standard InChI is InChI=1S/C11H4Cl2F4N2/c12-9-4-6(10(13)19-18-9)5-1-2-7(8(14)3-5)11(15,16)17/h1-4H. The first-order valence-electron chi connectivity index (χ1n) is 4.85. The predicted octanol–water partition coefficient (Wildman–Crippen LogP) is 4.61. The van der Waals surface area contributed by atoms with E-state index < -0.39 is 17.6 Å². The minimum absolute atomic E-state index is 0.000272. The monoisotopic (exact) mass is 310 g/mol. The average Bonchev–Trinajstić information content (AvgIpc) is 2.30. The van der Waals surface area contributed by atoms with Crippen LogP contribution >= 0.6 is 23.2 Å². The van der Waals surface area contributed by atoms with Gasteiger partial charge in [-0.3, -0.25) is 0 Å². The molecule has 0 aliphatic carbocycles. The molecule has 8 heteroatoms. The van der Waals surface area contributed by atoms with Crippen molar-refractivity contribution in [2.75, 3.05) is 0 Å². The molecule has 0 radical (unpaired) electrons. The van der Waals surface area contributed by atoms with Crippen LogP contribution in [0.1, 0.15) is 5.56 Å². The van der Waals surface area contributed by atoms with Crippen LogP contribution in [0.25, 0.3) is 11.1 Å². The van der Waals surface area contributed by atoms with Crippen LogP contribution in [0.5, 0.6) is 0 Å². The molecular weight excluding hydrogens is 307 g/mol. The van der Waals surface area contributed by atoms with E-state index in [1.54, 1.807) is 0 Å². The van der Waals surface area contributed by atoms with Gasteiger partial charge in [0.2, 0.25) is 0 Å². The summed E-state index contributed by atoms with van der Waals surface area (Å²) >= 11 is 11.3. The average molecular weight is 311 g/mol. The number of benzene rings is 1. The van der Waals surface area contributed by atoms with Gasteiger partial charge in [-0.05, 0) is 23.8 Å². The van der Waals surface area contributed by atoms with Crippen LogP contribution in [0.2, 0.25) is 10.3 Å². The van der Waals surface area contributed by atoms with E-state index in [1.165, 1.54) is 6.07 Å². The second-order valence-corrected chi connectivity index (χ2v) is 4.31. The third kappa shape index (κ3) is 2.96. The molecule has 2 rings (SSSR count). The zero-order chi connectivity index (χ0) is 14.2. The van der Waals surface area contributed by atoms with E-state index in [0.29, 0.717) is 6.07 Å². The molecule has 19 heavy (non-hydrogen) atoms. The maximum absolute atomic E-state index is 13.4. The van der Waals surface area contributed by atoms with E-state index in [4.69, 9.17) is 23.2 Å². The Balaban J connectivity index is 2.54. The Bertz CT molecular complexity index is 629. The highest BCUT2D eigenvalue weighted by Crippen LogP contribution is 2.35. The summed E-state index contributed by atoms with van der Waals surface area (Å²) in [5.41, 5.74) is -1.01. The molecule has 0 atom stereocenters. The van der Waals surface area contributed by atoms with Gasteiger partial charge in [-0.25, -0.2) is 4.39 Å². The summed E-state index contributed by atoms with van der Waals surface area (Å²) in [6.07, 6.45) is -4.75. The summed E-state index contributed by atoms with van der Waals surface area (Å²) in [5, 5.41) is 6.87. The number of halogens is 6. The SMILES string of the molecule is Fc1cc(-c2cc(Cl)nnc2Cl)ccc1C(F)(F)F. The molecule has 0 bridgehead atoms. The third-order valence-corrected chi connectivity index (χ3v) is 2.77. The Kier molecular flexibility index (Phi) is 3.64. The lowest BCUT2D eigenvalue weighted by molar-refractivity contribution is -0.139. The molecule has 1 aromatic carbocycles.